The molecule has 0 aliphatic carbocycles. The van der Waals surface area contributed by atoms with Gasteiger partial charge in [-0.25, -0.2) is 4.79 Å². The zero-order chi connectivity index (χ0) is 9.84. The maximum Gasteiger partial charge on any atom is 0.335 e. The number of rotatable bonds is 3. The standard InChI is InChI=1S/C8H7NO4/c1-13-7-3-2-5(8(10)11)4-6(7)9-12/h2-4H,1H3,(H,10,11). The van der Waals surface area contributed by atoms with E-state index in [1.54, 1.807) is 0 Å². The van der Waals surface area contributed by atoms with E-state index in [-0.39, 0.29) is 17.0 Å². The molecule has 0 saturated carbocycles. The van der Waals surface area contributed by atoms with E-state index in [0.29, 0.717) is 0 Å². The molecule has 0 spiro atoms. The van der Waals surface area contributed by atoms with Crippen LogP contribution in [0.2, 0.25) is 0 Å². The van der Waals surface area contributed by atoms with Crippen molar-refractivity contribution in [3.05, 3.63) is 28.7 Å². The highest BCUT2D eigenvalue weighted by Gasteiger charge is 2.08. The SMILES string of the molecule is COc1ccc(C(=O)O)cc1N=O. The van der Waals surface area contributed by atoms with Crippen LogP contribution in [0.1, 0.15) is 10.4 Å². The Balaban J connectivity index is 3.20. The number of hydrogen-bond acceptors (Lipinski definition) is 4. The second-order valence-electron chi connectivity index (χ2n) is 2.28. The van der Waals surface area contributed by atoms with Crippen LogP contribution in [0.4, 0.5) is 5.69 Å². The van der Waals surface area contributed by atoms with Gasteiger partial charge in [-0.05, 0) is 23.4 Å². The average Bonchev–Trinajstić information content (AvgIpc) is 2.16. The minimum Gasteiger partial charge on any atom is -0.494 e. The zero-order valence-corrected chi connectivity index (χ0v) is 6.85. The second kappa shape index (κ2) is 3.66. The molecule has 1 aromatic rings. The second-order valence-corrected chi connectivity index (χ2v) is 2.28. The summed E-state index contributed by atoms with van der Waals surface area (Å²) in [6.07, 6.45) is 0. The lowest BCUT2D eigenvalue weighted by Gasteiger charge is -2.01. The van der Waals surface area contributed by atoms with E-state index in [9.17, 15) is 9.70 Å². The van der Waals surface area contributed by atoms with Crippen molar-refractivity contribution >= 4 is 11.7 Å². The highest BCUT2D eigenvalue weighted by atomic mass is 16.5. The maximum atomic E-state index is 10.5. The Labute approximate surface area is 73.9 Å². The molecule has 0 aromatic heterocycles. The van der Waals surface area contributed by atoms with Gasteiger partial charge < -0.3 is 9.84 Å². The quantitative estimate of drug-likeness (QED) is 0.721. The average molecular weight is 181 g/mol. The number of carbonyl (C=O) groups is 1. The first-order valence-corrected chi connectivity index (χ1v) is 3.43. The van der Waals surface area contributed by atoms with Crippen LogP contribution in [0.15, 0.2) is 23.4 Å². The van der Waals surface area contributed by atoms with Gasteiger partial charge in [0.2, 0.25) is 0 Å². The number of benzene rings is 1. The topological polar surface area (TPSA) is 76.0 Å². The van der Waals surface area contributed by atoms with E-state index in [4.69, 9.17) is 9.84 Å². The van der Waals surface area contributed by atoms with E-state index in [1.165, 1.54) is 19.2 Å². The van der Waals surface area contributed by atoms with Crippen molar-refractivity contribution in [2.24, 2.45) is 5.18 Å². The summed E-state index contributed by atoms with van der Waals surface area (Å²) in [4.78, 5) is 20.7. The van der Waals surface area contributed by atoms with Crippen LogP contribution < -0.4 is 4.74 Å². The fraction of sp³-hybridized carbons (Fsp3) is 0.125. The smallest absolute Gasteiger partial charge is 0.335 e. The van der Waals surface area contributed by atoms with Gasteiger partial charge in [0, 0.05) is 0 Å². The first-order valence-electron chi connectivity index (χ1n) is 3.43. The lowest BCUT2D eigenvalue weighted by Crippen LogP contribution is -1.95. The van der Waals surface area contributed by atoms with E-state index in [1.807, 2.05) is 0 Å². The van der Waals surface area contributed by atoms with Crippen molar-refractivity contribution in [2.45, 2.75) is 0 Å². The highest BCUT2D eigenvalue weighted by Crippen LogP contribution is 2.27. The van der Waals surface area contributed by atoms with Gasteiger partial charge in [0.25, 0.3) is 0 Å². The molecule has 0 aliphatic heterocycles. The summed E-state index contributed by atoms with van der Waals surface area (Å²) in [6, 6.07) is 3.89. The number of nitroso groups, excluding NO2 is 1. The van der Waals surface area contributed by atoms with E-state index < -0.39 is 5.97 Å². The number of nitrogens with zero attached hydrogens (tertiary/aromatic N) is 1. The maximum absolute atomic E-state index is 10.5. The van der Waals surface area contributed by atoms with Gasteiger partial charge >= 0.3 is 5.97 Å². The molecule has 0 radical (unpaired) electrons. The summed E-state index contributed by atoms with van der Waals surface area (Å²) in [5, 5.41) is 11.2. The Morgan fingerprint density at radius 3 is 2.69 bits per heavy atom. The molecule has 0 atom stereocenters. The molecular formula is C8H7NO4. The molecule has 0 bridgehead atoms. The Bertz CT molecular complexity index is 348. The molecule has 68 valence electrons. The third-order valence-electron chi connectivity index (χ3n) is 1.52. The van der Waals surface area contributed by atoms with Crippen LogP contribution in [0, 0.1) is 4.91 Å². The monoisotopic (exact) mass is 181 g/mol. The number of ether oxygens (including phenoxy) is 1. The van der Waals surface area contributed by atoms with Gasteiger partial charge in [-0.2, -0.15) is 0 Å². The molecular weight excluding hydrogens is 174 g/mol. The van der Waals surface area contributed by atoms with Crippen molar-refractivity contribution in [3.63, 3.8) is 0 Å². The van der Waals surface area contributed by atoms with Crippen molar-refractivity contribution in [1.82, 2.24) is 0 Å². The first-order chi connectivity index (χ1) is 6.19. The van der Waals surface area contributed by atoms with Crippen LogP contribution in [-0.4, -0.2) is 18.2 Å². The molecule has 0 fully saturated rings. The van der Waals surface area contributed by atoms with Crippen molar-refractivity contribution in [1.29, 1.82) is 0 Å². The fourth-order valence-corrected chi connectivity index (χ4v) is 0.894. The van der Waals surface area contributed by atoms with Gasteiger partial charge in [-0.3, -0.25) is 0 Å². The van der Waals surface area contributed by atoms with E-state index in [0.717, 1.165) is 6.07 Å². The van der Waals surface area contributed by atoms with Crippen LogP contribution in [0.25, 0.3) is 0 Å². The third kappa shape index (κ3) is 1.81. The van der Waals surface area contributed by atoms with Crippen LogP contribution in [0.3, 0.4) is 0 Å². The van der Waals surface area contributed by atoms with E-state index in [2.05, 4.69) is 5.18 Å². The molecule has 0 amide bonds. The van der Waals surface area contributed by atoms with Crippen LogP contribution >= 0.6 is 0 Å². The summed E-state index contributed by atoms with van der Waals surface area (Å²) in [7, 11) is 1.38. The number of carboxylic acid groups (broad SMARTS) is 1. The van der Waals surface area contributed by atoms with Crippen molar-refractivity contribution in [2.75, 3.05) is 7.11 Å². The third-order valence-corrected chi connectivity index (χ3v) is 1.52. The molecule has 1 aromatic carbocycles. The summed E-state index contributed by atoms with van der Waals surface area (Å²) in [5.74, 6) is -0.840. The lowest BCUT2D eigenvalue weighted by molar-refractivity contribution is 0.0697. The number of hydrogen-bond donors (Lipinski definition) is 1. The summed E-state index contributed by atoms with van der Waals surface area (Å²) in [5.41, 5.74) is -0.00204. The van der Waals surface area contributed by atoms with Crippen LogP contribution in [0.5, 0.6) is 5.75 Å². The molecule has 1 N–H and O–H groups in total. The zero-order valence-electron chi connectivity index (χ0n) is 6.85. The molecule has 5 nitrogen and oxygen atoms in total. The Morgan fingerprint density at radius 2 is 2.23 bits per heavy atom. The molecule has 0 saturated heterocycles. The largest absolute Gasteiger partial charge is 0.494 e. The molecule has 5 heteroatoms. The summed E-state index contributed by atoms with van der Waals surface area (Å²) in [6.45, 7) is 0. The molecule has 0 heterocycles. The number of aromatic carboxylic acids is 1. The predicted molar refractivity (Wildman–Crippen MR) is 45.4 cm³/mol. The number of methoxy groups -OCH3 is 1. The minimum absolute atomic E-state index is 0.00963. The first kappa shape index (κ1) is 9.18. The molecule has 0 aliphatic rings. The minimum atomic E-state index is -1.10. The Morgan fingerprint density at radius 1 is 1.54 bits per heavy atom. The predicted octanol–water partition coefficient (Wildman–Crippen LogP) is 1.79. The highest BCUT2D eigenvalue weighted by molar-refractivity contribution is 5.89. The van der Waals surface area contributed by atoms with Gasteiger partial charge in [0.15, 0.2) is 5.69 Å². The van der Waals surface area contributed by atoms with Gasteiger partial charge in [0.1, 0.15) is 5.75 Å². The molecule has 1 rings (SSSR count). The van der Waals surface area contributed by atoms with E-state index >= 15 is 0 Å². The summed E-state index contributed by atoms with van der Waals surface area (Å²) >= 11 is 0. The van der Waals surface area contributed by atoms with Crippen LogP contribution in [-0.2, 0) is 0 Å². The Hall–Kier alpha value is -1.91. The lowest BCUT2D eigenvalue weighted by atomic mass is 10.2. The van der Waals surface area contributed by atoms with Gasteiger partial charge in [0.05, 0.1) is 12.7 Å². The number of carboxylic acids is 1. The normalized spacial score (nSPS) is 9.31. The summed E-state index contributed by atoms with van der Waals surface area (Å²) < 4.78 is 4.78. The van der Waals surface area contributed by atoms with Crippen molar-refractivity contribution in [3.8, 4) is 5.75 Å². The molecule has 0 unspecified atom stereocenters. The Kier molecular flexibility index (Phi) is 2.59. The van der Waals surface area contributed by atoms with Gasteiger partial charge in [-0.1, -0.05) is 0 Å². The molecule has 13 heavy (non-hydrogen) atoms. The fourth-order valence-electron chi connectivity index (χ4n) is 0.894. The van der Waals surface area contributed by atoms with Gasteiger partial charge in [-0.15, -0.1) is 4.91 Å². The van der Waals surface area contributed by atoms with Crippen molar-refractivity contribution < 1.29 is 14.6 Å².